The van der Waals surface area contributed by atoms with Crippen molar-refractivity contribution in [2.24, 2.45) is 0 Å². The maximum Gasteiger partial charge on any atom is 0.344 e. The molecule has 0 bridgehead atoms. The number of carbonyl (C=O) groups excluding carboxylic acids is 2. The molecule has 0 fully saturated rings. The highest BCUT2D eigenvalue weighted by molar-refractivity contribution is 9.10. The SMILES string of the molecule is CCOc1ccc(NC(=O)C(C)OC(=O)COc2ccc(Br)cc2)cc1. The summed E-state index contributed by atoms with van der Waals surface area (Å²) in [6, 6.07) is 14.0. The highest BCUT2D eigenvalue weighted by atomic mass is 79.9. The monoisotopic (exact) mass is 421 g/mol. The van der Waals surface area contributed by atoms with E-state index < -0.39 is 18.0 Å². The van der Waals surface area contributed by atoms with E-state index in [1.54, 1.807) is 48.5 Å². The zero-order valence-electron chi connectivity index (χ0n) is 14.5. The van der Waals surface area contributed by atoms with Crippen molar-refractivity contribution in [1.29, 1.82) is 0 Å². The Bertz CT molecular complexity index is 731. The maximum absolute atomic E-state index is 12.1. The Morgan fingerprint density at radius 2 is 1.58 bits per heavy atom. The lowest BCUT2D eigenvalue weighted by Crippen LogP contribution is -2.31. The largest absolute Gasteiger partial charge is 0.494 e. The Balaban J connectivity index is 1.78. The number of hydrogen-bond donors (Lipinski definition) is 1. The van der Waals surface area contributed by atoms with E-state index in [2.05, 4.69) is 21.2 Å². The lowest BCUT2D eigenvalue weighted by atomic mass is 10.3. The molecule has 0 aliphatic heterocycles. The van der Waals surface area contributed by atoms with Crippen molar-refractivity contribution >= 4 is 33.5 Å². The summed E-state index contributed by atoms with van der Waals surface area (Å²) in [5, 5.41) is 2.68. The van der Waals surface area contributed by atoms with Crippen molar-refractivity contribution in [3.8, 4) is 11.5 Å². The first-order valence-corrected chi connectivity index (χ1v) is 8.89. The van der Waals surface area contributed by atoms with Crippen LogP contribution < -0.4 is 14.8 Å². The Kier molecular flexibility index (Phi) is 7.47. The standard InChI is InChI=1S/C19H20BrNO5/c1-3-24-16-10-6-15(7-11-16)21-19(23)13(2)26-18(22)12-25-17-8-4-14(20)5-9-17/h4-11,13H,3,12H2,1-2H3,(H,21,23). The minimum absolute atomic E-state index is 0.275. The summed E-state index contributed by atoms with van der Waals surface area (Å²) in [5.41, 5.74) is 0.590. The quantitative estimate of drug-likeness (QED) is 0.656. The number of hydrogen-bond acceptors (Lipinski definition) is 5. The van der Waals surface area contributed by atoms with Gasteiger partial charge in [-0.2, -0.15) is 0 Å². The number of rotatable bonds is 8. The van der Waals surface area contributed by atoms with Gasteiger partial charge >= 0.3 is 5.97 Å². The van der Waals surface area contributed by atoms with Crippen LogP contribution in [0.1, 0.15) is 13.8 Å². The average molecular weight is 422 g/mol. The summed E-state index contributed by atoms with van der Waals surface area (Å²) in [6.45, 7) is 3.69. The van der Waals surface area contributed by atoms with E-state index in [1.807, 2.05) is 6.92 Å². The van der Waals surface area contributed by atoms with Gasteiger partial charge in [-0.3, -0.25) is 4.79 Å². The van der Waals surface area contributed by atoms with Crippen LogP contribution in [0.2, 0.25) is 0 Å². The normalized spacial score (nSPS) is 11.3. The van der Waals surface area contributed by atoms with Gasteiger partial charge < -0.3 is 19.5 Å². The molecule has 0 saturated heterocycles. The van der Waals surface area contributed by atoms with Gasteiger partial charge in [-0.05, 0) is 62.4 Å². The van der Waals surface area contributed by atoms with Gasteiger partial charge in [-0.15, -0.1) is 0 Å². The highest BCUT2D eigenvalue weighted by Gasteiger charge is 2.18. The minimum Gasteiger partial charge on any atom is -0.494 e. The van der Waals surface area contributed by atoms with Gasteiger partial charge in [-0.25, -0.2) is 4.79 Å². The average Bonchev–Trinajstić information content (AvgIpc) is 2.63. The second-order valence-corrected chi connectivity index (χ2v) is 6.24. The van der Waals surface area contributed by atoms with E-state index in [0.717, 1.165) is 10.2 Å². The zero-order valence-corrected chi connectivity index (χ0v) is 16.1. The second-order valence-electron chi connectivity index (χ2n) is 5.32. The van der Waals surface area contributed by atoms with E-state index in [0.29, 0.717) is 18.0 Å². The zero-order chi connectivity index (χ0) is 18.9. The van der Waals surface area contributed by atoms with Gasteiger partial charge in [0.1, 0.15) is 11.5 Å². The van der Waals surface area contributed by atoms with Gasteiger partial charge in [-0.1, -0.05) is 15.9 Å². The molecule has 2 rings (SSSR count). The maximum atomic E-state index is 12.1. The van der Waals surface area contributed by atoms with Crippen molar-refractivity contribution < 1.29 is 23.8 Å². The van der Waals surface area contributed by atoms with Crippen molar-refractivity contribution in [3.05, 3.63) is 53.0 Å². The van der Waals surface area contributed by atoms with Crippen LogP contribution in [0.5, 0.6) is 11.5 Å². The summed E-state index contributed by atoms with van der Waals surface area (Å²) in [7, 11) is 0. The van der Waals surface area contributed by atoms with E-state index in [1.165, 1.54) is 6.92 Å². The number of esters is 1. The topological polar surface area (TPSA) is 73.9 Å². The van der Waals surface area contributed by atoms with Gasteiger partial charge in [0.2, 0.25) is 0 Å². The number of ether oxygens (including phenoxy) is 3. The molecule has 1 amide bonds. The molecular weight excluding hydrogens is 402 g/mol. The number of halogens is 1. The molecule has 2 aromatic carbocycles. The van der Waals surface area contributed by atoms with Crippen LogP contribution in [0.3, 0.4) is 0 Å². The molecule has 0 saturated carbocycles. The fraction of sp³-hybridized carbons (Fsp3) is 0.263. The molecule has 0 aliphatic rings. The van der Waals surface area contributed by atoms with Gasteiger partial charge in [0.25, 0.3) is 5.91 Å². The third-order valence-electron chi connectivity index (χ3n) is 3.28. The number of anilines is 1. The second kappa shape index (κ2) is 9.82. The molecule has 0 aromatic heterocycles. The van der Waals surface area contributed by atoms with Gasteiger partial charge in [0.05, 0.1) is 6.61 Å². The predicted octanol–water partition coefficient (Wildman–Crippen LogP) is 3.80. The molecule has 1 N–H and O–H groups in total. The van der Waals surface area contributed by atoms with Crippen LogP contribution in [0, 0.1) is 0 Å². The molecule has 138 valence electrons. The molecule has 6 nitrogen and oxygen atoms in total. The van der Waals surface area contributed by atoms with Gasteiger partial charge in [0, 0.05) is 10.2 Å². The third-order valence-corrected chi connectivity index (χ3v) is 3.81. The first-order valence-electron chi connectivity index (χ1n) is 8.09. The van der Waals surface area contributed by atoms with E-state index in [-0.39, 0.29) is 6.61 Å². The van der Waals surface area contributed by atoms with Crippen molar-refractivity contribution in [1.82, 2.24) is 0 Å². The fourth-order valence-electron chi connectivity index (χ4n) is 2.00. The molecule has 7 heteroatoms. The van der Waals surface area contributed by atoms with Crippen LogP contribution in [0.4, 0.5) is 5.69 Å². The van der Waals surface area contributed by atoms with E-state index in [4.69, 9.17) is 14.2 Å². The van der Waals surface area contributed by atoms with E-state index >= 15 is 0 Å². The summed E-state index contributed by atoms with van der Waals surface area (Å²) < 4.78 is 16.6. The van der Waals surface area contributed by atoms with Crippen molar-refractivity contribution in [2.75, 3.05) is 18.5 Å². The summed E-state index contributed by atoms with van der Waals surface area (Å²) >= 11 is 3.31. The highest BCUT2D eigenvalue weighted by Crippen LogP contribution is 2.17. The molecule has 0 spiro atoms. The third kappa shape index (κ3) is 6.40. The first-order chi connectivity index (χ1) is 12.5. The van der Waals surface area contributed by atoms with Gasteiger partial charge in [0.15, 0.2) is 12.7 Å². The smallest absolute Gasteiger partial charge is 0.344 e. The minimum atomic E-state index is -0.942. The van der Waals surface area contributed by atoms with E-state index in [9.17, 15) is 9.59 Å². The summed E-state index contributed by atoms with van der Waals surface area (Å²) in [5.74, 6) is 0.208. The number of carbonyl (C=O) groups is 2. The first kappa shape index (κ1) is 19.8. The van der Waals surface area contributed by atoms with Crippen LogP contribution in [0.15, 0.2) is 53.0 Å². The summed E-state index contributed by atoms with van der Waals surface area (Å²) in [6.07, 6.45) is -0.942. The Labute approximate surface area is 160 Å². The van der Waals surface area contributed by atoms with Crippen molar-refractivity contribution in [3.63, 3.8) is 0 Å². The molecular formula is C19H20BrNO5. The molecule has 26 heavy (non-hydrogen) atoms. The summed E-state index contributed by atoms with van der Waals surface area (Å²) in [4.78, 5) is 23.9. The Hall–Kier alpha value is -2.54. The lowest BCUT2D eigenvalue weighted by Gasteiger charge is -2.14. The number of benzene rings is 2. The fourth-order valence-corrected chi connectivity index (χ4v) is 2.27. The predicted molar refractivity (Wildman–Crippen MR) is 101 cm³/mol. The van der Waals surface area contributed by atoms with Crippen LogP contribution in [-0.4, -0.2) is 31.2 Å². The molecule has 0 radical (unpaired) electrons. The van der Waals surface area contributed by atoms with Crippen LogP contribution in [-0.2, 0) is 14.3 Å². The molecule has 2 aromatic rings. The van der Waals surface area contributed by atoms with Crippen LogP contribution >= 0.6 is 15.9 Å². The molecule has 0 heterocycles. The Morgan fingerprint density at radius 3 is 2.19 bits per heavy atom. The molecule has 1 unspecified atom stereocenters. The molecule has 0 aliphatic carbocycles. The lowest BCUT2D eigenvalue weighted by molar-refractivity contribution is -0.155. The van der Waals surface area contributed by atoms with Crippen molar-refractivity contribution in [2.45, 2.75) is 20.0 Å². The number of amides is 1. The van der Waals surface area contributed by atoms with Crippen LogP contribution in [0.25, 0.3) is 0 Å². The Morgan fingerprint density at radius 1 is 1.00 bits per heavy atom. The molecule has 1 atom stereocenters. The number of nitrogens with one attached hydrogen (secondary N) is 1.